The summed E-state index contributed by atoms with van der Waals surface area (Å²) < 4.78 is 10.5. The first-order valence-corrected chi connectivity index (χ1v) is 10.7. The summed E-state index contributed by atoms with van der Waals surface area (Å²) in [5.74, 6) is 1.81. The van der Waals surface area contributed by atoms with E-state index in [0.29, 0.717) is 22.7 Å². The van der Waals surface area contributed by atoms with Crippen molar-refractivity contribution < 1.29 is 14.3 Å². The predicted molar refractivity (Wildman–Crippen MR) is 126 cm³/mol. The second-order valence-corrected chi connectivity index (χ2v) is 7.71. The average Bonchev–Trinajstić information content (AvgIpc) is 2.85. The number of nitrogens with one attached hydrogen (secondary N) is 1. The van der Waals surface area contributed by atoms with E-state index in [0.717, 1.165) is 38.5 Å². The van der Waals surface area contributed by atoms with Crippen molar-refractivity contribution in [2.75, 3.05) is 50.6 Å². The number of hydrogen-bond acceptors (Lipinski definition) is 6. The van der Waals surface area contributed by atoms with Crippen molar-refractivity contribution in [3.63, 3.8) is 0 Å². The van der Waals surface area contributed by atoms with Crippen LogP contribution in [-0.2, 0) is 6.54 Å². The smallest absolute Gasteiger partial charge is 0.255 e. The molecular formula is C25H28N4O3. The topological polar surface area (TPSA) is 66.9 Å². The van der Waals surface area contributed by atoms with Crippen molar-refractivity contribution in [1.29, 1.82) is 0 Å². The zero-order chi connectivity index (χ0) is 22.3. The maximum absolute atomic E-state index is 12.7. The summed E-state index contributed by atoms with van der Waals surface area (Å²) in [4.78, 5) is 22.0. The van der Waals surface area contributed by atoms with Gasteiger partial charge in [0.15, 0.2) is 0 Å². The number of aromatic nitrogens is 1. The van der Waals surface area contributed by atoms with Crippen LogP contribution in [0.2, 0.25) is 0 Å². The van der Waals surface area contributed by atoms with Gasteiger partial charge in [0.05, 0.1) is 26.1 Å². The maximum Gasteiger partial charge on any atom is 0.255 e. The highest BCUT2D eigenvalue weighted by Gasteiger charge is 2.18. The molecule has 0 atom stereocenters. The lowest BCUT2D eigenvalue weighted by Crippen LogP contribution is -2.46. The number of hydrogen-bond donors (Lipinski definition) is 1. The highest BCUT2D eigenvalue weighted by atomic mass is 16.5. The van der Waals surface area contributed by atoms with Crippen LogP contribution in [0.25, 0.3) is 0 Å². The molecular weight excluding hydrogens is 404 g/mol. The first-order chi connectivity index (χ1) is 15.6. The summed E-state index contributed by atoms with van der Waals surface area (Å²) in [5.41, 5.74) is 2.44. The van der Waals surface area contributed by atoms with Crippen molar-refractivity contribution in [2.24, 2.45) is 0 Å². The van der Waals surface area contributed by atoms with E-state index in [1.54, 1.807) is 38.6 Å². The summed E-state index contributed by atoms with van der Waals surface area (Å²) in [6.07, 6.45) is 1.70. The fourth-order valence-electron chi connectivity index (χ4n) is 3.77. The first kappa shape index (κ1) is 21.6. The molecule has 1 aromatic heterocycles. The zero-order valence-corrected chi connectivity index (χ0v) is 18.5. The van der Waals surface area contributed by atoms with Gasteiger partial charge in [-0.25, -0.2) is 4.98 Å². The summed E-state index contributed by atoms with van der Waals surface area (Å²) >= 11 is 0. The minimum absolute atomic E-state index is 0.244. The monoisotopic (exact) mass is 432 g/mol. The number of pyridine rings is 1. The molecule has 0 radical (unpaired) electrons. The molecule has 1 saturated heterocycles. The number of amides is 1. The number of benzene rings is 2. The summed E-state index contributed by atoms with van der Waals surface area (Å²) in [6, 6.07) is 19.5. The Labute approximate surface area is 188 Å². The Hall–Kier alpha value is -3.58. The molecule has 0 saturated carbocycles. The molecule has 1 N–H and O–H groups in total. The van der Waals surface area contributed by atoms with Gasteiger partial charge in [-0.05, 0) is 29.8 Å². The van der Waals surface area contributed by atoms with Crippen molar-refractivity contribution in [3.8, 4) is 11.5 Å². The van der Waals surface area contributed by atoms with Crippen molar-refractivity contribution >= 4 is 17.4 Å². The van der Waals surface area contributed by atoms with Gasteiger partial charge in [-0.2, -0.15) is 0 Å². The van der Waals surface area contributed by atoms with E-state index < -0.39 is 0 Å². The standard InChI is InChI=1S/C25H28N4O3/c1-31-22-14-20(15-23(16-22)32-2)25(30)27-21-8-9-24(26-17-21)29-12-10-28(11-13-29)18-19-6-4-3-5-7-19/h3-9,14-17H,10-13,18H2,1-2H3,(H,27,30). The number of ether oxygens (including phenoxy) is 2. The van der Waals surface area contributed by atoms with Gasteiger partial charge in [-0.1, -0.05) is 30.3 Å². The molecule has 2 aromatic carbocycles. The fraction of sp³-hybridized carbons (Fsp3) is 0.280. The second kappa shape index (κ2) is 10.2. The van der Waals surface area contributed by atoms with Crippen LogP contribution in [0, 0.1) is 0 Å². The highest BCUT2D eigenvalue weighted by molar-refractivity contribution is 6.04. The van der Waals surface area contributed by atoms with Gasteiger partial charge in [0, 0.05) is 44.4 Å². The van der Waals surface area contributed by atoms with Crippen LogP contribution in [0.3, 0.4) is 0 Å². The van der Waals surface area contributed by atoms with E-state index in [9.17, 15) is 4.79 Å². The molecule has 0 unspecified atom stereocenters. The summed E-state index contributed by atoms with van der Waals surface area (Å²) in [7, 11) is 3.11. The van der Waals surface area contributed by atoms with E-state index >= 15 is 0 Å². The Balaban J connectivity index is 1.33. The predicted octanol–water partition coefficient (Wildman–Crippen LogP) is 3.67. The van der Waals surface area contributed by atoms with E-state index in [4.69, 9.17) is 9.47 Å². The number of carbonyl (C=O) groups is 1. The Morgan fingerprint density at radius 3 is 2.22 bits per heavy atom. The van der Waals surface area contributed by atoms with Gasteiger partial charge < -0.3 is 19.7 Å². The summed E-state index contributed by atoms with van der Waals surface area (Å²) in [6.45, 7) is 4.81. The van der Waals surface area contributed by atoms with Gasteiger partial charge in [0.2, 0.25) is 0 Å². The van der Waals surface area contributed by atoms with Gasteiger partial charge >= 0.3 is 0 Å². The molecule has 166 valence electrons. The molecule has 4 rings (SSSR count). The largest absolute Gasteiger partial charge is 0.497 e. The van der Waals surface area contributed by atoms with Crippen molar-refractivity contribution in [1.82, 2.24) is 9.88 Å². The van der Waals surface area contributed by atoms with Gasteiger partial charge in [-0.15, -0.1) is 0 Å². The molecule has 2 heterocycles. The molecule has 0 bridgehead atoms. The fourth-order valence-corrected chi connectivity index (χ4v) is 3.77. The molecule has 7 nitrogen and oxygen atoms in total. The molecule has 1 aliphatic rings. The number of anilines is 2. The molecule has 3 aromatic rings. The lowest BCUT2D eigenvalue weighted by Gasteiger charge is -2.35. The number of methoxy groups -OCH3 is 2. The lowest BCUT2D eigenvalue weighted by atomic mass is 10.2. The Kier molecular flexibility index (Phi) is 6.87. The van der Waals surface area contributed by atoms with E-state index in [2.05, 4.69) is 44.4 Å². The van der Waals surface area contributed by atoms with Crippen molar-refractivity contribution in [3.05, 3.63) is 78.0 Å². The molecule has 7 heteroatoms. The quantitative estimate of drug-likeness (QED) is 0.615. The maximum atomic E-state index is 12.7. The van der Waals surface area contributed by atoms with Crippen LogP contribution in [0.15, 0.2) is 66.9 Å². The van der Waals surface area contributed by atoms with Crippen LogP contribution < -0.4 is 19.7 Å². The van der Waals surface area contributed by atoms with Crippen molar-refractivity contribution in [2.45, 2.75) is 6.54 Å². The average molecular weight is 433 g/mol. The molecule has 1 fully saturated rings. The summed E-state index contributed by atoms with van der Waals surface area (Å²) in [5, 5.41) is 2.89. The van der Waals surface area contributed by atoms with Gasteiger partial charge in [-0.3, -0.25) is 9.69 Å². The Morgan fingerprint density at radius 2 is 1.62 bits per heavy atom. The third-order valence-corrected chi connectivity index (χ3v) is 5.56. The normalized spacial score (nSPS) is 14.1. The third kappa shape index (κ3) is 5.36. The lowest BCUT2D eigenvalue weighted by molar-refractivity contribution is 0.102. The van der Waals surface area contributed by atoms with Gasteiger partial charge in [0.25, 0.3) is 5.91 Å². The van der Waals surface area contributed by atoms with Crippen LogP contribution in [-0.4, -0.2) is 56.2 Å². The number of carbonyl (C=O) groups excluding carboxylic acids is 1. The first-order valence-electron chi connectivity index (χ1n) is 10.7. The van der Waals surface area contributed by atoms with Crippen LogP contribution in [0.1, 0.15) is 15.9 Å². The number of rotatable bonds is 7. The molecule has 0 spiro atoms. The SMILES string of the molecule is COc1cc(OC)cc(C(=O)Nc2ccc(N3CCN(Cc4ccccc4)CC3)nc2)c1. The van der Waals surface area contributed by atoms with E-state index in [-0.39, 0.29) is 5.91 Å². The van der Waals surface area contributed by atoms with Crippen LogP contribution in [0.5, 0.6) is 11.5 Å². The van der Waals surface area contributed by atoms with Crippen LogP contribution in [0.4, 0.5) is 11.5 Å². The second-order valence-electron chi connectivity index (χ2n) is 7.71. The Morgan fingerprint density at radius 1 is 0.938 bits per heavy atom. The minimum atomic E-state index is -0.244. The number of nitrogens with zero attached hydrogens (tertiary/aromatic N) is 3. The Bertz CT molecular complexity index is 1010. The molecule has 32 heavy (non-hydrogen) atoms. The number of piperazine rings is 1. The molecule has 0 aliphatic carbocycles. The van der Waals surface area contributed by atoms with Crippen LogP contribution >= 0.6 is 0 Å². The molecule has 1 aliphatic heterocycles. The third-order valence-electron chi connectivity index (χ3n) is 5.56. The molecule has 1 amide bonds. The minimum Gasteiger partial charge on any atom is -0.497 e. The highest BCUT2D eigenvalue weighted by Crippen LogP contribution is 2.24. The zero-order valence-electron chi connectivity index (χ0n) is 18.5. The van der Waals surface area contributed by atoms with E-state index in [1.807, 2.05) is 18.2 Å². The van der Waals surface area contributed by atoms with Gasteiger partial charge in [0.1, 0.15) is 17.3 Å². The van der Waals surface area contributed by atoms with E-state index in [1.165, 1.54) is 5.56 Å².